The number of ether oxygens (including phenoxy) is 1. The van der Waals surface area contributed by atoms with E-state index in [4.69, 9.17) is 14.3 Å². The summed E-state index contributed by atoms with van der Waals surface area (Å²) < 4.78 is 11.5. The maximum Gasteiger partial charge on any atom is 0.0983 e. The van der Waals surface area contributed by atoms with Gasteiger partial charge in [-0.05, 0) is 99.4 Å². The predicted octanol–water partition coefficient (Wildman–Crippen LogP) is 5.28. The van der Waals surface area contributed by atoms with Crippen LogP contribution >= 0.6 is 0 Å². The normalized spacial score (nSPS) is 48.1. The maximum atomic E-state index is 11.8. The molecule has 0 unspecified atom stereocenters. The van der Waals surface area contributed by atoms with E-state index in [1.807, 2.05) is 6.07 Å². The van der Waals surface area contributed by atoms with E-state index in [-0.39, 0.29) is 12.0 Å². The van der Waals surface area contributed by atoms with Gasteiger partial charge in [-0.25, -0.2) is 0 Å². The van der Waals surface area contributed by atoms with Gasteiger partial charge in [0.15, 0.2) is 0 Å². The highest BCUT2D eigenvalue weighted by Crippen LogP contribution is 2.70. The fourth-order valence-electron chi connectivity index (χ4n) is 8.67. The van der Waals surface area contributed by atoms with E-state index in [9.17, 15) is 5.11 Å². The average Bonchev–Trinajstić information content (AvgIpc) is 3.36. The van der Waals surface area contributed by atoms with Crippen LogP contribution in [0.2, 0.25) is 0 Å². The Morgan fingerprint density at radius 3 is 2.67 bits per heavy atom. The lowest BCUT2D eigenvalue weighted by molar-refractivity contribution is -0.165. The first-order valence-corrected chi connectivity index (χ1v) is 12.4. The van der Waals surface area contributed by atoms with Crippen LogP contribution in [0.3, 0.4) is 0 Å². The summed E-state index contributed by atoms with van der Waals surface area (Å²) in [6.45, 7) is 5.87. The zero-order valence-electron chi connectivity index (χ0n) is 18.8. The fourth-order valence-corrected chi connectivity index (χ4v) is 8.67. The predicted molar refractivity (Wildman–Crippen MR) is 116 cm³/mol. The fraction of sp³-hybridized carbons (Fsp3) is 0.846. The molecule has 0 amide bonds. The minimum absolute atomic E-state index is 0.0359. The molecule has 4 heteroatoms. The maximum absolute atomic E-state index is 11.8. The second kappa shape index (κ2) is 7.64. The van der Waals surface area contributed by atoms with Gasteiger partial charge in [0.05, 0.1) is 24.2 Å². The van der Waals surface area contributed by atoms with Crippen molar-refractivity contribution in [3.63, 3.8) is 0 Å². The van der Waals surface area contributed by atoms with Gasteiger partial charge in [0, 0.05) is 24.2 Å². The average molecular weight is 417 g/mol. The minimum Gasteiger partial charge on any atom is -0.472 e. The molecule has 4 aliphatic carbocycles. The van der Waals surface area contributed by atoms with Gasteiger partial charge in [-0.1, -0.05) is 13.8 Å². The van der Waals surface area contributed by atoms with Crippen molar-refractivity contribution in [3.8, 4) is 0 Å². The van der Waals surface area contributed by atoms with Crippen molar-refractivity contribution in [2.75, 3.05) is 13.2 Å². The zero-order valence-corrected chi connectivity index (χ0v) is 18.8. The van der Waals surface area contributed by atoms with Crippen LogP contribution in [0.15, 0.2) is 23.0 Å². The van der Waals surface area contributed by atoms with E-state index in [1.165, 1.54) is 38.5 Å². The summed E-state index contributed by atoms with van der Waals surface area (Å²) in [5.74, 6) is 2.93. The van der Waals surface area contributed by atoms with Crippen molar-refractivity contribution in [3.05, 3.63) is 24.2 Å². The Kier molecular flexibility index (Phi) is 5.35. The molecule has 0 aromatic carbocycles. The Morgan fingerprint density at radius 1 is 1.07 bits per heavy atom. The standard InChI is InChI=1S/C26H40O4/c1-24-10-6-20(30-14-3-13-27)16-18(24)4-5-21-22(24)7-11-25(2)23(21)8-12-26(25,28)19-9-15-29-17-19/h9,15,17-18,20-23,27-28H,3-8,10-14,16H2,1-2H3/t18-,20+,21-,22+,23+,24+,25+,26-/m1/s1. The minimum atomic E-state index is -0.731. The SMILES string of the molecule is C[C@]12CC[C@H](OCCCO)C[C@H]1CC[C@@H]1[C@@H]2CC[C@@]2(C)[C@H]1CC[C@@]2(O)c1ccoc1. The molecule has 5 rings (SSSR count). The quantitative estimate of drug-likeness (QED) is 0.641. The number of aliphatic hydroxyl groups is 2. The summed E-state index contributed by atoms with van der Waals surface area (Å²) in [7, 11) is 0. The third-order valence-electron chi connectivity index (χ3n) is 10.4. The van der Waals surface area contributed by atoms with Gasteiger partial charge in [0.2, 0.25) is 0 Å². The van der Waals surface area contributed by atoms with Gasteiger partial charge in [-0.15, -0.1) is 0 Å². The molecule has 4 aliphatic rings. The number of hydrogen-bond donors (Lipinski definition) is 2. The largest absolute Gasteiger partial charge is 0.472 e. The van der Waals surface area contributed by atoms with Gasteiger partial charge in [0.25, 0.3) is 0 Å². The third kappa shape index (κ3) is 2.97. The summed E-state index contributed by atoms with van der Waals surface area (Å²) in [5.41, 5.74) is 0.654. The number of fused-ring (bicyclic) bond motifs is 5. The first-order chi connectivity index (χ1) is 14.4. The molecule has 30 heavy (non-hydrogen) atoms. The Hall–Kier alpha value is -0.840. The molecular weight excluding hydrogens is 376 g/mol. The van der Waals surface area contributed by atoms with E-state index in [0.717, 1.165) is 49.0 Å². The van der Waals surface area contributed by atoms with Crippen LogP contribution in [0, 0.1) is 34.5 Å². The van der Waals surface area contributed by atoms with Crippen LogP contribution in [0.1, 0.15) is 83.6 Å². The molecule has 4 fully saturated rings. The van der Waals surface area contributed by atoms with E-state index in [0.29, 0.717) is 24.0 Å². The molecule has 1 aromatic heterocycles. The van der Waals surface area contributed by atoms with Crippen molar-refractivity contribution >= 4 is 0 Å². The molecule has 4 nitrogen and oxygen atoms in total. The van der Waals surface area contributed by atoms with Crippen molar-refractivity contribution in [2.24, 2.45) is 34.5 Å². The van der Waals surface area contributed by atoms with E-state index >= 15 is 0 Å². The van der Waals surface area contributed by atoms with E-state index in [1.54, 1.807) is 12.5 Å². The molecule has 0 aliphatic heterocycles. The highest BCUT2D eigenvalue weighted by molar-refractivity contribution is 5.26. The Morgan fingerprint density at radius 2 is 1.90 bits per heavy atom. The third-order valence-corrected chi connectivity index (χ3v) is 10.4. The molecule has 0 radical (unpaired) electrons. The molecule has 2 N–H and O–H groups in total. The summed E-state index contributed by atoms with van der Waals surface area (Å²) in [4.78, 5) is 0. The molecule has 1 aromatic rings. The lowest BCUT2D eigenvalue weighted by Crippen LogP contribution is -2.56. The molecule has 0 saturated heterocycles. The monoisotopic (exact) mass is 416 g/mol. The lowest BCUT2D eigenvalue weighted by atomic mass is 9.44. The topological polar surface area (TPSA) is 62.8 Å². The second-order valence-corrected chi connectivity index (χ2v) is 11.4. The first-order valence-electron chi connectivity index (χ1n) is 12.4. The van der Waals surface area contributed by atoms with Crippen LogP contribution < -0.4 is 0 Å². The first kappa shape index (κ1) is 21.0. The van der Waals surface area contributed by atoms with E-state index < -0.39 is 5.60 Å². The Balaban J connectivity index is 1.34. The van der Waals surface area contributed by atoms with Crippen LogP contribution in [0.25, 0.3) is 0 Å². The van der Waals surface area contributed by atoms with Gasteiger partial charge in [-0.2, -0.15) is 0 Å². The molecule has 4 saturated carbocycles. The molecular formula is C26H40O4. The summed E-state index contributed by atoms with van der Waals surface area (Å²) in [5, 5.41) is 20.9. The molecule has 8 atom stereocenters. The van der Waals surface area contributed by atoms with Crippen LogP contribution in [-0.4, -0.2) is 29.5 Å². The van der Waals surface area contributed by atoms with Crippen molar-refractivity contribution in [1.82, 2.24) is 0 Å². The number of hydrogen-bond acceptors (Lipinski definition) is 4. The van der Waals surface area contributed by atoms with Crippen molar-refractivity contribution in [2.45, 2.75) is 89.8 Å². The highest BCUT2D eigenvalue weighted by atomic mass is 16.5. The number of rotatable bonds is 5. The molecule has 0 spiro atoms. The van der Waals surface area contributed by atoms with E-state index in [2.05, 4.69) is 13.8 Å². The van der Waals surface area contributed by atoms with Gasteiger partial charge < -0.3 is 19.4 Å². The zero-order chi connectivity index (χ0) is 21.0. The Labute approximate surface area is 181 Å². The number of furan rings is 1. The second-order valence-electron chi connectivity index (χ2n) is 11.4. The van der Waals surface area contributed by atoms with Crippen LogP contribution in [0.4, 0.5) is 0 Å². The molecule has 1 heterocycles. The van der Waals surface area contributed by atoms with Crippen LogP contribution in [0.5, 0.6) is 0 Å². The molecule has 0 bridgehead atoms. The van der Waals surface area contributed by atoms with Crippen molar-refractivity contribution < 1.29 is 19.4 Å². The smallest absolute Gasteiger partial charge is 0.0983 e. The van der Waals surface area contributed by atoms with Gasteiger partial charge in [0.1, 0.15) is 0 Å². The van der Waals surface area contributed by atoms with Gasteiger partial charge >= 0.3 is 0 Å². The highest BCUT2D eigenvalue weighted by Gasteiger charge is 2.65. The summed E-state index contributed by atoms with van der Waals surface area (Å²) >= 11 is 0. The number of aliphatic hydroxyl groups excluding tert-OH is 1. The molecule has 168 valence electrons. The summed E-state index contributed by atoms with van der Waals surface area (Å²) in [6.07, 6.45) is 15.3. The van der Waals surface area contributed by atoms with Gasteiger partial charge in [-0.3, -0.25) is 0 Å². The lowest BCUT2D eigenvalue weighted by Gasteiger charge is -2.61. The van der Waals surface area contributed by atoms with Crippen LogP contribution in [-0.2, 0) is 10.3 Å². The summed E-state index contributed by atoms with van der Waals surface area (Å²) in [6, 6.07) is 1.98. The van der Waals surface area contributed by atoms with Crippen molar-refractivity contribution in [1.29, 1.82) is 0 Å². The Bertz CT molecular complexity index is 731.